The second kappa shape index (κ2) is 8.57. The van der Waals surface area contributed by atoms with Crippen molar-refractivity contribution in [3.8, 4) is 6.07 Å². The Hall–Kier alpha value is -3.33. The molecular formula is C22H25N3O3. The Labute approximate surface area is 165 Å². The van der Waals surface area contributed by atoms with E-state index in [1.54, 1.807) is 20.8 Å². The van der Waals surface area contributed by atoms with Crippen molar-refractivity contribution < 1.29 is 14.3 Å². The zero-order valence-corrected chi connectivity index (χ0v) is 17.1. The molecular weight excluding hydrogens is 354 g/mol. The number of carbonyl (C=O) groups is 2. The lowest BCUT2D eigenvalue weighted by Gasteiger charge is -2.12. The van der Waals surface area contributed by atoms with E-state index in [0.29, 0.717) is 28.2 Å². The van der Waals surface area contributed by atoms with Gasteiger partial charge in [-0.2, -0.15) is 5.26 Å². The summed E-state index contributed by atoms with van der Waals surface area (Å²) in [5.41, 5.74) is 5.83. The van der Waals surface area contributed by atoms with Gasteiger partial charge in [-0.15, -0.1) is 0 Å². The number of aromatic nitrogens is 1. The molecule has 0 radical (unpaired) electrons. The van der Waals surface area contributed by atoms with Crippen molar-refractivity contribution in [2.75, 3.05) is 11.9 Å². The van der Waals surface area contributed by atoms with E-state index in [1.165, 1.54) is 6.08 Å². The number of esters is 1. The van der Waals surface area contributed by atoms with Crippen molar-refractivity contribution in [2.45, 2.75) is 41.5 Å². The van der Waals surface area contributed by atoms with Crippen LogP contribution in [0.1, 0.15) is 50.9 Å². The Bertz CT molecular complexity index is 984. The first-order valence-corrected chi connectivity index (χ1v) is 9.06. The summed E-state index contributed by atoms with van der Waals surface area (Å²) in [6.45, 7) is 11.3. The van der Waals surface area contributed by atoms with E-state index >= 15 is 0 Å². The molecule has 0 saturated heterocycles. The number of nitrogens with one attached hydrogen (secondary N) is 2. The summed E-state index contributed by atoms with van der Waals surface area (Å²) >= 11 is 0. The topological polar surface area (TPSA) is 95.0 Å². The summed E-state index contributed by atoms with van der Waals surface area (Å²) < 4.78 is 5.07. The number of amides is 1. The third-order valence-electron chi connectivity index (χ3n) is 4.53. The van der Waals surface area contributed by atoms with Gasteiger partial charge in [-0.25, -0.2) is 4.79 Å². The Morgan fingerprint density at radius 1 is 1.18 bits per heavy atom. The van der Waals surface area contributed by atoms with Gasteiger partial charge in [-0.3, -0.25) is 4.79 Å². The van der Waals surface area contributed by atoms with Crippen LogP contribution in [0.15, 0.2) is 17.7 Å². The largest absolute Gasteiger partial charge is 0.462 e. The first kappa shape index (κ1) is 21.0. The van der Waals surface area contributed by atoms with Gasteiger partial charge in [0, 0.05) is 17.1 Å². The van der Waals surface area contributed by atoms with E-state index in [2.05, 4.69) is 10.3 Å². The zero-order chi connectivity index (χ0) is 21.0. The van der Waals surface area contributed by atoms with E-state index < -0.39 is 11.9 Å². The molecule has 6 nitrogen and oxygen atoms in total. The molecule has 146 valence electrons. The molecule has 0 spiro atoms. The highest BCUT2D eigenvalue weighted by molar-refractivity contribution is 6.10. The van der Waals surface area contributed by atoms with Crippen LogP contribution < -0.4 is 5.32 Å². The lowest BCUT2D eigenvalue weighted by Crippen LogP contribution is -2.15. The fourth-order valence-electron chi connectivity index (χ4n) is 3.28. The van der Waals surface area contributed by atoms with E-state index in [4.69, 9.17) is 4.74 Å². The lowest BCUT2D eigenvalue weighted by atomic mass is 10.0. The predicted octanol–water partition coefficient (Wildman–Crippen LogP) is 4.28. The third-order valence-corrected chi connectivity index (χ3v) is 4.53. The van der Waals surface area contributed by atoms with Crippen LogP contribution in [0.5, 0.6) is 0 Å². The van der Waals surface area contributed by atoms with Gasteiger partial charge >= 0.3 is 5.97 Å². The van der Waals surface area contributed by atoms with Crippen LogP contribution in [0.2, 0.25) is 0 Å². The minimum absolute atomic E-state index is 0.0564. The normalized spacial score (nSPS) is 11.1. The van der Waals surface area contributed by atoms with Gasteiger partial charge in [0.25, 0.3) is 5.91 Å². The molecule has 0 aliphatic rings. The Morgan fingerprint density at radius 3 is 2.32 bits per heavy atom. The molecule has 0 aliphatic heterocycles. The smallest absolute Gasteiger partial charge is 0.340 e. The Morgan fingerprint density at radius 2 is 1.79 bits per heavy atom. The first-order valence-electron chi connectivity index (χ1n) is 9.06. The number of rotatable bonds is 5. The number of H-pyrrole nitrogens is 1. The predicted molar refractivity (Wildman–Crippen MR) is 109 cm³/mol. The summed E-state index contributed by atoms with van der Waals surface area (Å²) in [6.07, 6.45) is 1.46. The maximum atomic E-state index is 12.7. The average Bonchev–Trinajstić information content (AvgIpc) is 2.89. The Kier molecular flexibility index (Phi) is 6.42. The SMILES string of the molecule is CCOC(=O)c1c(C)[nH]c(/C=C(\C#N)C(=O)Nc2c(C)cc(C)cc2C)c1C. The molecule has 28 heavy (non-hydrogen) atoms. The van der Waals surface area contributed by atoms with Crippen molar-refractivity contribution in [1.29, 1.82) is 5.26 Å². The van der Waals surface area contributed by atoms with Crippen LogP contribution in [-0.2, 0) is 9.53 Å². The van der Waals surface area contributed by atoms with Crippen LogP contribution in [0.4, 0.5) is 5.69 Å². The van der Waals surface area contributed by atoms with Crippen molar-refractivity contribution >= 4 is 23.6 Å². The van der Waals surface area contributed by atoms with Crippen molar-refractivity contribution in [3.63, 3.8) is 0 Å². The van der Waals surface area contributed by atoms with Crippen LogP contribution in [-0.4, -0.2) is 23.5 Å². The van der Waals surface area contributed by atoms with Crippen LogP contribution in [0.3, 0.4) is 0 Å². The lowest BCUT2D eigenvalue weighted by molar-refractivity contribution is -0.112. The van der Waals surface area contributed by atoms with E-state index in [1.807, 2.05) is 39.0 Å². The van der Waals surface area contributed by atoms with Crippen molar-refractivity contribution in [1.82, 2.24) is 4.98 Å². The standard InChI is InChI=1S/C22H25N3O3/c1-7-28-22(27)19-15(5)18(24-16(19)6)10-17(11-23)21(26)25-20-13(3)8-12(2)9-14(20)4/h8-10,24H,7H2,1-6H3,(H,25,26)/b17-10+. The molecule has 0 atom stereocenters. The maximum absolute atomic E-state index is 12.7. The highest BCUT2D eigenvalue weighted by Crippen LogP contribution is 2.24. The van der Waals surface area contributed by atoms with Gasteiger partial charge < -0.3 is 15.0 Å². The third kappa shape index (κ3) is 4.32. The molecule has 2 N–H and O–H groups in total. The molecule has 1 amide bonds. The van der Waals surface area contributed by atoms with E-state index in [-0.39, 0.29) is 12.2 Å². The molecule has 0 bridgehead atoms. The van der Waals surface area contributed by atoms with Crippen LogP contribution >= 0.6 is 0 Å². The summed E-state index contributed by atoms with van der Waals surface area (Å²) in [4.78, 5) is 27.9. The Balaban J connectivity index is 2.37. The van der Waals surface area contributed by atoms with Crippen molar-refractivity contribution in [2.24, 2.45) is 0 Å². The number of ether oxygens (including phenoxy) is 1. The quantitative estimate of drug-likeness (QED) is 0.460. The fraction of sp³-hybridized carbons (Fsp3) is 0.318. The second-order valence-electron chi connectivity index (χ2n) is 6.78. The molecule has 0 fully saturated rings. The number of benzene rings is 1. The number of hydrogen-bond donors (Lipinski definition) is 2. The van der Waals surface area contributed by atoms with Gasteiger partial charge in [0.2, 0.25) is 0 Å². The highest BCUT2D eigenvalue weighted by Gasteiger charge is 2.20. The van der Waals surface area contributed by atoms with Gasteiger partial charge in [0.15, 0.2) is 0 Å². The van der Waals surface area contributed by atoms with Crippen LogP contribution in [0.25, 0.3) is 6.08 Å². The minimum Gasteiger partial charge on any atom is -0.462 e. The summed E-state index contributed by atoms with van der Waals surface area (Å²) in [6, 6.07) is 5.89. The molecule has 1 aromatic heterocycles. The monoisotopic (exact) mass is 379 g/mol. The first-order chi connectivity index (χ1) is 13.2. The molecule has 6 heteroatoms. The van der Waals surface area contributed by atoms with E-state index in [0.717, 1.165) is 16.7 Å². The average molecular weight is 379 g/mol. The highest BCUT2D eigenvalue weighted by atomic mass is 16.5. The van der Waals surface area contributed by atoms with E-state index in [9.17, 15) is 14.9 Å². The summed E-state index contributed by atoms with van der Waals surface area (Å²) in [5, 5.41) is 12.3. The second-order valence-corrected chi connectivity index (χ2v) is 6.78. The number of aromatic amines is 1. The number of carbonyl (C=O) groups excluding carboxylic acids is 2. The molecule has 1 aromatic carbocycles. The number of nitrogens with zero attached hydrogens (tertiary/aromatic N) is 1. The van der Waals surface area contributed by atoms with Gasteiger partial charge in [0.1, 0.15) is 11.6 Å². The van der Waals surface area contributed by atoms with Gasteiger partial charge in [0.05, 0.1) is 12.2 Å². The minimum atomic E-state index is -0.498. The summed E-state index contributed by atoms with van der Waals surface area (Å²) in [5.74, 6) is -0.927. The molecule has 0 aliphatic carbocycles. The van der Waals surface area contributed by atoms with Crippen molar-refractivity contribution in [3.05, 3.63) is 56.9 Å². The fourth-order valence-corrected chi connectivity index (χ4v) is 3.28. The van der Waals surface area contributed by atoms with Gasteiger partial charge in [-0.05, 0) is 64.3 Å². The number of hydrogen-bond acceptors (Lipinski definition) is 4. The summed E-state index contributed by atoms with van der Waals surface area (Å²) in [7, 11) is 0. The maximum Gasteiger partial charge on any atom is 0.340 e. The van der Waals surface area contributed by atoms with Crippen LogP contribution in [0, 0.1) is 45.9 Å². The number of aryl methyl sites for hydroxylation is 4. The number of nitriles is 1. The number of anilines is 1. The molecule has 2 aromatic rings. The van der Waals surface area contributed by atoms with Gasteiger partial charge in [-0.1, -0.05) is 17.7 Å². The zero-order valence-electron chi connectivity index (χ0n) is 17.1. The molecule has 1 heterocycles. The molecule has 2 rings (SSSR count). The molecule has 0 unspecified atom stereocenters. The molecule has 0 saturated carbocycles.